The minimum absolute atomic E-state index is 0.0829. The monoisotopic (exact) mass is 293 g/mol. The van der Waals surface area contributed by atoms with Crippen molar-refractivity contribution in [2.45, 2.75) is 46.3 Å². The van der Waals surface area contributed by atoms with E-state index in [4.69, 9.17) is 4.74 Å². The molecule has 0 aliphatic heterocycles. The van der Waals surface area contributed by atoms with Gasteiger partial charge in [-0.2, -0.15) is 0 Å². The molecule has 1 atom stereocenters. The van der Waals surface area contributed by atoms with E-state index >= 15 is 0 Å². The Labute approximate surface area is 127 Å². The average molecular weight is 293 g/mol. The van der Waals surface area contributed by atoms with Crippen LogP contribution in [0.25, 0.3) is 0 Å². The first-order chi connectivity index (χ1) is 10.1. The van der Waals surface area contributed by atoms with Crippen LogP contribution in [0.5, 0.6) is 0 Å². The predicted octanol–water partition coefficient (Wildman–Crippen LogP) is 2.51. The van der Waals surface area contributed by atoms with Crippen molar-refractivity contribution in [2.75, 3.05) is 13.2 Å². The topological polar surface area (TPSA) is 58.6 Å². The summed E-state index contributed by atoms with van der Waals surface area (Å²) in [6.45, 7) is 6.79. The number of benzene rings is 1. The Morgan fingerprint density at radius 3 is 2.43 bits per heavy atom. The molecule has 1 amide bonds. The van der Waals surface area contributed by atoms with E-state index in [-0.39, 0.29) is 17.9 Å². The molecule has 118 valence electrons. The third-order valence-corrected chi connectivity index (χ3v) is 4.19. The number of amides is 1. The Morgan fingerprint density at radius 2 is 1.90 bits per heavy atom. The van der Waals surface area contributed by atoms with Crippen LogP contribution in [0.3, 0.4) is 0 Å². The highest BCUT2D eigenvalue weighted by Crippen LogP contribution is 2.24. The van der Waals surface area contributed by atoms with Crippen molar-refractivity contribution < 1.29 is 14.6 Å². The third kappa shape index (κ3) is 5.48. The summed E-state index contributed by atoms with van der Waals surface area (Å²) in [6, 6.07) is 9.78. The molecule has 1 aromatic rings. The molecule has 0 aliphatic rings. The fourth-order valence-electron chi connectivity index (χ4n) is 2.07. The number of rotatable bonds is 9. The Balaban J connectivity index is 2.40. The summed E-state index contributed by atoms with van der Waals surface area (Å²) in [5.41, 5.74) is 0.818. The molecule has 0 radical (unpaired) electrons. The summed E-state index contributed by atoms with van der Waals surface area (Å²) in [6.07, 6.45) is 1.16. The maximum Gasteiger partial charge on any atom is 0.248 e. The van der Waals surface area contributed by atoms with Crippen molar-refractivity contribution in [1.82, 2.24) is 5.32 Å². The molecule has 0 fully saturated rings. The van der Waals surface area contributed by atoms with Crippen LogP contribution in [0.1, 0.15) is 39.2 Å². The van der Waals surface area contributed by atoms with Gasteiger partial charge in [0, 0.05) is 12.0 Å². The van der Waals surface area contributed by atoms with Crippen LogP contribution >= 0.6 is 0 Å². The van der Waals surface area contributed by atoms with E-state index in [9.17, 15) is 9.90 Å². The van der Waals surface area contributed by atoms with Crippen molar-refractivity contribution >= 4 is 5.91 Å². The van der Waals surface area contributed by atoms with Gasteiger partial charge in [0.25, 0.3) is 0 Å². The third-order valence-electron chi connectivity index (χ3n) is 4.19. The van der Waals surface area contributed by atoms with Crippen LogP contribution in [0, 0.1) is 5.41 Å². The molecule has 2 N–H and O–H groups in total. The lowest BCUT2D eigenvalue weighted by Crippen LogP contribution is -2.43. The zero-order valence-corrected chi connectivity index (χ0v) is 13.3. The number of ether oxygens (including phenoxy) is 1. The minimum atomic E-state index is -0.504. The van der Waals surface area contributed by atoms with E-state index in [0.717, 1.165) is 18.4 Å². The lowest BCUT2D eigenvalue weighted by Gasteiger charge is -2.30. The van der Waals surface area contributed by atoms with Gasteiger partial charge in [-0.15, -0.1) is 0 Å². The molecule has 0 saturated heterocycles. The zero-order valence-electron chi connectivity index (χ0n) is 13.3. The fraction of sp³-hybridized carbons (Fsp3) is 0.588. The summed E-state index contributed by atoms with van der Waals surface area (Å²) in [5, 5.41) is 12.4. The van der Waals surface area contributed by atoms with E-state index in [2.05, 4.69) is 5.32 Å². The summed E-state index contributed by atoms with van der Waals surface area (Å²) in [4.78, 5) is 12.0. The highest BCUT2D eigenvalue weighted by molar-refractivity contribution is 5.80. The molecule has 0 heterocycles. The summed E-state index contributed by atoms with van der Waals surface area (Å²) in [7, 11) is 0. The molecule has 0 aliphatic carbocycles. The lowest BCUT2D eigenvalue weighted by molar-refractivity contribution is -0.133. The van der Waals surface area contributed by atoms with Crippen LogP contribution in [-0.2, 0) is 16.1 Å². The second-order valence-corrected chi connectivity index (χ2v) is 5.52. The van der Waals surface area contributed by atoms with Crippen LogP contribution in [0.2, 0.25) is 0 Å². The van der Waals surface area contributed by atoms with Crippen molar-refractivity contribution in [3.63, 3.8) is 0 Å². The first-order valence-corrected chi connectivity index (χ1v) is 7.61. The maximum atomic E-state index is 12.0. The van der Waals surface area contributed by atoms with Crippen LogP contribution in [0.15, 0.2) is 30.3 Å². The van der Waals surface area contributed by atoms with E-state index in [1.807, 2.05) is 44.2 Å². The number of aliphatic hydroxyl groups excluding tert-OH is 1. The largest absolute Gasteiger partial charge is 0.396 e. The van der Waals surface area contributed by atoms with Crippen molar-refractivity contribution in [3.05, 3.63) is 35.9 Å². The molecule has 4 nitrogen and oxygen atoms in total. The number of carbonyl (C=O) groups is 1. The van der Waals surface area contributed by atoms with Gasteiger partial charge in [-0.3, -0.25) is 4.79 Å². The summed E-state index contributed by atoms with van der Waals surface area (Å²) in [5.74, 6) is -0.134. The van der Waals surface area contributed by atoms with Crippen molar-refractivity contribution in [1.29, 1.82) is 0 Å². The fourth-order valence-corrected chi connectivity index (χ4v) is 2.07. The standard InChI is InChI=1S/C17H27NO3/c1-4-17(5-2,13-19)12-18-16(20)14(3)21-11-15-9-7-6-8-10-15/h6-10,14,19H,4-5,11-13H2,1-3H3,(H,18,20). The molecule has 1 unspecified atom stereocenters. The molecule has 1 rings (SSSR count). The first kappa shape index (κ1) is 17.7. The van der Waals surface area contributed by atoms with Gasteiger partial charge < -0.3 is 15.2 Å². The zero-order chi connectivity index (χ0) is 15.7. The normalized spacial score (nSPS) is 13.0. The number of hydrogen-bond donors (Lipinski definition) is 2. The SMILES string of the molecule is CCC(CC)(CO)CNC(=O)C(C)OCc1ccccc1. The molecule has 21 heavy (non-hydrogen) atoms. The number of carbonyl (C=O) groups excluding carboxylic acids is 1. The first-order valence-electron chi connectivity index (χ1n) is 7.61. The molecule has 0 spiro atoms. The van der Waals surface area contributed by atoms with Crippen molar-refractivity contribution in [3.8, 4) is 0 Å². The van der Waals surface area contributed by atoms with Crippen LogP contribution < -0.4 is 5.32 Å². The van der Waals surface area contributed by atoms with E-state index in [1.165, 1.54) is 0 Å². The number of hydrogen-bond acceptors (Lipinski definition) is 3. The lowest BCUT2D eigenvalue weighted by atomic mass is 9.83. The molecular formula is C17H27NO3. The predicted molar refractivity (Wildman–Crippen MR) is 83.8 cm³/mol. The van der Waals surface area contributed by atoms with E-state index in [1.54, 1.807) is 6.92 Å². The van der Waals surface area contributed by atoms with Crippen LogP contribution in [0.4, 0.5) is 0 Å². The van der Waals surface area contributed by atoms with Crippen LogP contribution in [-0.4, -0.2) is 30.3 Å². The van der Waals surface area contributed by atoms with E-state index in [0.29, 0.717) is 13.2 Å². The minimum Gasteiger partial charge on any atom is -0.396 e. The van der Waals surface area contributed by atoms with Gasteiger partial charge in [0.15, 0.2) is 0 Å². The molecule has 1 aromatic carbocycles. The van der Waals surface area contributed by atoms with Gasteiger partial charge >= 0.3 is 0 Å². The highest BCUT2D eigenvalue weighted by Gasteiger charge is 2.26. The molecule has 0 aromatic heterocycles. The smallest absolute Gasteiger partial charge is 0.248 e. The highest BCUT2D eigenvalue weighted by atomic mass is 16.5. The second-order valence-electron chi connectivity index (χ2n) is 5.52. The molecule has 0 bridgehead atoms. The number of nitrogens with one attached hydrogen (secondary N) is 1. The second kappa shape index (κ2) is 8.80. The Hall–Kier alpha value is -1.39. The van der Waals surface area contributed by atoms with E-state index < -0.39 is 6.10 Å². The quantitative estimate of drug-likeness (QED) is 0.735. The average Bonchev–Trinajstić information content (AvgIpc) is 2.55. The molecular weight excluding hydrogens is 266 g/mol. The van der Waals surface area contributed by atoms with Gasteiger partial charge in [0.1, 0.15) is 6.10 Å². The number of aliphatic hydroxyl groups is 1. The van der Waals surface area contributed by atoms with Crippen molar-refractivity contribution in [2.24, 2.45) is 5.41 Å². The molecule has 4 heteroatoms. The van der Waals surface area contributed by atoms with Gasteiger partial charge in [-0.25, -0.2) is 0 Å². The van der Waals surface area contributed by atoms with Gasteiger partial charge in [-0.1, -0.05) is 44.2 Å². The Morgan fingerprint density at radius 1 is 1.29 bits per heavy atom. The van der Waals surface area contributed by atoms with Gasteiger partial charge in [-0.05, 0) is 25.3 Å². The molecule has 0 saturated carbocycles. The summed E-state index contributed by atoms with van der Waals surface area (Å²) >= 11 is 0. The maximum absolute atomic E-state index is 12.0. The van der Waals surface area contributed by atoms with Gasteiger partial charge in [0.2, 0.25) is 5.91 Å². The Kier molecular flexibility index (Phi) is 7.40. The Bertz CT molecular complexity index is 407. The summed E-state index contributed by atoms with van der Waals surface area (Å²) < 4.78 is 5.58. The van der Waals surface area contributed by atoms with Gasteiger partial charge in [0.05, 0.1) is 13.2 Å².